The minimum absolute atomic E-state index is 0.509. The molecule has 0 bridgehead atoms. The minimum Gasteiger partial charge on any atom is -0.312 e. The highest BCUT2D eigenvalue weighted by Gasteiger charge is 2.32. The summed E-state index contributed by atoms with van der Waals surface area (Å²) in [6.07, 6.45) is 5.47. The van der Waals surface area contributed by atoms with Gasteiger partial charge in [0, 0.05) is 47.7 Å². The van der Waals surface area contributed by atoms with Crippen LogP contribution >= 0.6 is 23.5 Å². The average molecular weight is 315 g/mol. The molecule has 3 unspecified atom stereocenters. The van der Waals surface area contributed by atoms with Crippen LogP contribution in [-0.4, -0.2) is 49.6 Å². The van der Waals surface area contributed by atoms with E-state index in [9.17, 15) is 0 Å². The topological polar surface area (TPSA) is 42.7 Å². The fraction of sp³-hybridized carbons (Fsp3) is 0.857. The molecule has 2 heterocycles. The summed E-state index contributed by atoms with van der Waals surface area (Å²) < 4.78 is 1.80. The number of nitrogens with one attached hydrogen (secondary N) is 1. The second kappa shape index (κ2) is 8.29. The van der Waals surface area contributed by atoms with Crippen LogP contribution in [0.15, 0.2) is 6.20 Å². The van der Waals surface area contributed by atoms with E-state index in [1.54, 1.807) is 4.68 Å². The van der Waals surface area contributed by atoms with Gasteiger partial charge in [0.15, 0.2) is 0 Å². The van der Waals surface area contributed by atoms with Crippen molar-refractivity contribution in [2.45, 2.75) is 49.7 Å². The molecular formula is C14H26N4S2. The largest absolute Gasteiger partial charge is 0.312 e. The molecule has 0 spiro atoms. The van der Waals surface area contributed by atoms with E-state index in [1.165, 1.54) is 24.3 Å². The van der Waals surface area contributed by atoms with Crippen LogP contribution in [0, 0.1) is 0 Å². The average Bonchev–Trinajstić information content (AvgIpc) is 2.88. The molecule has 0 aromatic carbocycles. The minimum atomic E-state index is 0.509. The van der Waals surface area contributed by atoms with Crippen LogP contribution in [0.5, 0.6) is 0 Å². The summed E-state index contributed by atoms with van der Waals surface area (Å²) in [6, 6.07) is 0.509. The first kappa shape index (κ1) is 16.2. The van der Waals surface area contributed by atoms with Crippen molar-refractivity contribution in [3.05, 3.63) is 11.9 Å². The lowest BCUT2D eigenvalue weighted by atomic mass is 10.0. The Kier molecular flexibility index (Phi) is 6.71. The first-order chi connectivity index (χ1) is 9.74. The van der Waals surface area contributed by atoms with Gasteiger partial charge in [-0.05, 0) is 19.4 Å². The molecule has 1 aliphatic heterocycles. The molecule has 2 rings (SSSR count). The van der Waals surface area contributed by atoms with Crippen molar-refractivity contribution in [3.63, 3.8) is 0 Å². The van der Waals surface area contributed by atoms with Gasteiger partial charge in [0.2, 0.25) is 0 Å². The second-order valence-corrected chi connectivity index (χ2v) is 7.93. The Morgan fingerprint density at radius 2 is 2.20 bits per heavy atom. The lowest BCUT2D eigenvalue weighted by Crippen LogP contribution is -2.46. The Hall–Kier alpha value is -0.200. The van der Waals surface area contributed by atoms with Crippen LogP contribution in [0.4, 0.5) is 0 Å². The normalized spacial score (nSPS) is 24.8. The summed E-state index contributed by atoms with van der Waals surface area (Å²) in [5, 5.41) is 13.5. The predicted molar refractivity (Wildman–Crippen MR) is 89.6 cm³/mol. The van der Waals surface area contributed by atoms with E-state index in [4.69, 9.17) is 0 Å². The van der Waals surface area contributed by atoms with Crippen LogP contribution in [0.1, 0.15) is 32.4 Å². The highest BCUT2D eigenvalue weighted by molar-refractivity contribution is 8.07. The SMILES string of the molecule is CCCNC(Cc1cn(C)nn1)C1SCCSC1CC. The summed E-state index contributed by atoms with van der Waals surface area (Å²) in [5.74, 6) is 2.57. The highest BCUT2D eigenvalue weighted by atomic mass is 32.2. The van der Waals surface area contributed by atoms with Crippen molar-refractivity contribution in [3.8, 4) is 0 Å². The molecule has 6 heteroatoms. The number of hydrogen-bond donors (Lipinski definition) is 1. The maximum absolute atomic E-state index is 4.27. The van der Waals surface area contributed by atoms with Gasteiger partial charge < -0.3 is 5.32 Å². The standard InChI is InChI=1S/C14H26N4S2/c1-4-6-15-12(9-11-10-18(3)17-16-11)14-13(5-2)19-7-8-20-14/h10,12-15H,4-9H2,1-3H3. The Morgan fingerprint density at radius 1 is 1.40 bits per heavy atom. The molecule has 1 aliphatic rings. The van der Waals surface area contributed by atoms with Gasteiger partial charge in [0.05, 0.1) is 5.69 Å². The van der Waals surface area contributed by atoms with Gasteiger partial charge >= 0.3 is 0 Å². The van der Waals surface area contributed by atoms with E-state index in [0.717, 1.165) is 23.9 Å². The quantitative estimate of drug-likeness (QED) is 0.837. The highest BCUT2D eigenvalue weighted by Crippen LogP contribution is 2.35. The van der Waals surface area contributed by atoms with E-state index in [-0.39, 0.29) is 0 Å². The first-order valence-electron chi connectivity index (χ1n) is 7.56. The number of hydrogen-bond acceptors (Lipinski definition) is 5. The molecule has 0 radical (unpaired) electrons. The second-order valence-electron chi connectivity index (χ2n) is 5.30. The summed E-state index contributed by atoms with van der Waals surface area (Å²) >= 11 is 4.29. The molecule has 0 amide bonds. The molecule has 3 atom stereocenters. The zero-order valence-electron chi connectivity index (χ0n) is 12.7. The predicted octanol–water partition coefficient (Wildman–Crippen LogP) is 2.35. The van der Waals surface area contributed by atoms with Crippen molar-refractivity contribution in [2.75, 3.05) is 18.1 Å². The number of aryl methyl sites for hydroxylation is 1. The van der Waals surface area contributed by atoms with Crippen LogP contribution in [0.2, 0.25) is 0 Å². The smallest absolute Gasteiger partial charge is 0.0842 e. The lowest BCUT2D eigenvalue weighted by Gasteiger charge is -2.36. The summed E-state index contributed by atoms with van der Waals surface area (Å²) in [5.41, 5.74) is 1.10. The van der Waals surface area contributed by atoms with Gasteiger partial charge in [-0.25, -0.2) is 0 Å². The van der Waals surface area contributed by atoms with Gasteiger partial charge in [-0.3, -0.25) is 4.68 Å². The molecule has 4 nitrogen and oxygen atoms in total. The first-order valence-corrected chi connectivity index (χ1v) is 9.66. The Balaban J connectivity index is 2.04. The van der Waals surface area contributed by atoms with Crippen molar-refractivity contribution in [1.82, 2.24) is 20.3 Å². The van der Waals surface area contributed by atoms with Gasteiger partial charge in [-0.15, -0.1) is 5.10 Å². The van der Waals surface area contributed by atoms with Gasteiger partial charge in [0.1, 0.15) is 0 Å². The zero-order chi connectivity index (χ0) is 14.4. The van der Waals surface area contributed by atoms with Crippen molar-refractivity contribution in [1.29, 1.82) is 0 Å². The van der Waals surface area contributed by atoms with Crippen molar-refractivity contribution in [2.24, 2.45) is 7.05 Å². The number of thioether (sulfide) groups is 2. The van der Waals surface area contributed by atoms with E-state index in [1.807, 2.05) is 13.2 Å². The number of nitrogens with zero attached hydrogens (tertiary/aromatic N) is 3. The molecule has 1 aromatic rings. The van der Waals surface area contributed by atoms with Crippen LogP contribution < -0.4 is 5.32 Å². The fourth-order valence-electron chi connectivity index (χ4n) is 2.66. The molecule has 1 fully saturated rings. The molecule has 1 saturated heterocycles. The number of aromatic nitrogens is 3. The van der Waals surface area contributed by atoms with Crippen molar-refractivity contribution >= 4 is 23.5 Å². The van der Waals surface area contributed by atoms with Crippen LogP contribution in [0.3, 0.4) is 0 Å². The molecule has 114 valence electrons. The number of rotatable bonds is 7. The molecule has 0 aliphatic carbocycles. The lowest BCUT2D eigenvalue weighted by molar-refractivity contribution is 0.473. The summed E-state index contributed by atoms with van der Waals surface area (Å²) in [7, 11) is 1.94. The van der Waals surface area contributed by atoms with E-state index < -0.39 is 0 Å². The van der Waals surface area contributed by atoms with Gasteiger partial charge in [-0.2, -0.15) is 23.5 Å². The summed E-state index contributed by atoms with van der Waals surface area (Å²) in [4.78, 5) is 0. The maximum Gasteiger partial charge on any atom is 0.0842 e. The molecular weight excluding hydrogens is 288 g/mol. The van der Waals surface area contributed by atoms with Gasteiger partial charge in [0.25, 0.3) is 0 Å². The van der Waals surface area contributed by atoms with E-state index in [0.29, 0.717) is 11.3 Å². The van der Waals surface area contributed by atoms with E-state index >= 15 is 0 Å². The Morgan fingerprint density at radius 3 is 2.85 bits per heavy atom. The maximum atomic E-state index is 4.27. The van der Waals surface area contributed by atoms with Gasteiger partial charge in [-0.1, -0.05) is 19.1 Å². The monoisotopic (exact) mass is 314 g/mol. The third-order valence-corrected chi connectivity index (χ3v) is 7.03. The third-order valence-electron chi connectivity index (χ3n) is 3.63. The molecule has 20 heavy (non-hydrogen) atoms. The molecule has 1 N–H and O–H groups in total. The fourth-order valence-corrected chi connectivity index (χ4v) is 5.92. The zero-order valence-corrected chi connectivity index (χ0v) is 14.3. The Bertz CT molecular complexity index is 396. The van der Waals surface area contributed by atoms with Crippen molar-refractivity contribution < 1.29 is 0 Å². The van der Waals surface area contributed by atoms with Crippen LogP contribution in [0.25, 0.3) is 0 Å². The Labute approximate surface area is 130 Å². The van der Waals surface area contributed by atoms with Crippen LogP contribution in [-0.2, 0) is 13.5 Å². The third kappa shape index (κ3) is 4.40. The van der Waals surface area contributed by atoms with E-state index in [2.05, 4.69) is 53.0 Å². The molecule has 1 aromatic heterocycles. The summed E-state index contributed by atoms with van der Waals surface area (Å²) in [6.45, 7) is 5.63. The molecule has 0 saturated carbocycles.